The lowest BCUT2D eigenvalue weighted by atomic mass is 10.1. The molecular weight excluding hydrogens is 560 g/mol. The monoisotopic (exact) mass is 588 g/mol. The van der Waals surface area contributed by atoms with Crippen LogP contribution < -0.4 is 10.6 Å². The fraction of sp³-hybridized carbons (Fsp3) is 0.385. The normalized spacial score (nSPS) is 16.8. The molecule has 4 N–H and O–H groups in total. The summed E-state index contributed by atoms with van der Waals surface area (Å²) in [6, 6.07) is 8.66. The zero-order valence-electron chi connectivity index (χ0n) is 21.2. The number of halogens is 5. The van der Waals surface area contributed by atoms with Crippen LogP contribution in [0.4, 0.5) is 23.7 Å². The Kier molecular flexibility index (Phi) is 10.1. The number of aliphatic hydroxyl groups is 2. The Morgan fingerprint density at radius 3 is 2.56 bits per heavy atom. The molecule has 2 atom stereocenters. The van der Waals surface area contributed by atoms with Crippen molar-refractivity contribution >= 4 is 40.8 Å². The number of nitrogens with zero attached hydrogens (tertiary/aromatic N) is 2. The van der Waals surface area contributed by atoms with Crippen LogP contribution in [0, 0.1) is 0 Å². The quantitative estimate of drug-likeness (QED) is 0.328. The van der Waals surface area contributed by atoms with Crippen molar-refractivity contribution in [3.05, 3.63) is 75.0 Å². The zero-order chi connectivity index (χ0) is 28.9. The van der Waals surface area contributed by atoms with Gasteiger partial charge < -0.3 is 25.7 Å². The van der Waals surface area contributed by atoms with E-state index in [1.807, 2.05) is 13.0 Å². The number of carbonyl (C=O) groups excluding carboxylic acids is 2. The van der Waals surface area contributed by atoms with Crippen molar-refractivity contribution in [2.24, 2.45) is 0 Å². The van der Waals surface area contributed by atoms with E-state index in [-0.39, 0.29) is 36.9 Å². The molecule has 2 aromatic rings. The summed E-state index contributed by atoms with van der Waals surface area (Å²) in [4.78, 5) is 27.8. The molecule has 0 fully saturated rings. The van der Waals surface area contributed by atoms with E-state index in [2.05, 4.69) is 10.6 Å². The van der Waals surface area contributed by atoms with Crippen LogP contribution in [-0.4, -0.2) is 70.9 Å². The third-order valence-electron chi connectivity index (χ3n) is 6.27. The molecule has 0 radical (unpaired) electrons. The second kappa shape index (κ2) is 12.9. The number of nitrogens with one attached hydrogen (secondary N) is 2. The van der Waals surface area contributed by atoms with E-state index in [0.29, 0.717) is 22.9 Å². The summed E-state index contributed by atoms with van der Waals surface area (Å²) in [6.07, 6.45) is -4.75. The van der Waals surface area contributed by atoms with Gasteiger partial charge in [-0.1, -0.05) is 35.3 Å². The molecule has 0 saturated carbocycles. The third-order valence-corrected chi connectivity index (χ3v) is 7.01. The first-order valence-corrected chi connectivity index (χ1v) is 12.8. The number of amides is 3. The highest BCUT2D eigenvalue weighted by atomic mass is 35.5. The average Bonchev–Trinajstić information content (AvgIpc) is 3.16. The number of hydrogen-bond donors (Lipinski definition) is 4. The zero-order valence-corrected chi connectivity index (χ0v) is 22.7. The van der Waals surface area contributed by atoms with Gasteiger partial charge in [-0.3, -0.25) is 9.69 Å². The number of rotatable bonds is 9. The molecule has 13 heteroatoms. The van der Waals surface area contributed by atoms with Gasteiger partial charge in [-0.15, -0.1) is 0 Å². The number of alkyl halides is 3. The van der Waals surface area contributed by atoms with Crippen molar-refractivity contribution < 1.29 is 33.0 Å². The highest BCUT2D eigenvalue weighted by molar-refractivity contribution is 6.42. The summed E-state index contributed by atoms with van der Waals surface area (Å²) in [5.41, 5.74) is 0.0600. The molecule has 0 saturated heterocycles. The Balaban J connectivity index is 1.48. The minimum atomic E-state index is -4.54. The van der Waals surface area contributed by atoms with Crippen LogP contribution in [0.2, 0.25) is 10.0 Å². The van der Waals surface area contributed by atoms with Crippen molar-refractivity contribution in [3.63, 3.8) is 0 Å². The minimum Gasteiger partial charge on any atom is -0.508 e. The molecule has 3 rings (SSSR count). The highest BCUT2D eigenvalue weighted by Crippen LogP contribution is 2.30. The molecule has 8 nitrogen and oxygen atoms in total. The van der Waals surface area contributed by atoms with E-state index >= 15 is 0 Å². The summed E-state index contributed by atoms with van der Waals surface area (Å²) in [7, 11) is 1.43. The van der Waals surface area contributed by atoms with E-state index in [0.717, 1.165) is 17.7 Å². The average molecular weight is 589 g/mol. The first-order valence-electron chi connectivity index (χ1n) is 12.0. The SMILES string of the molecule is CC(CCc1ccc(Cl)c(Cl)c1)NC(=O)C1=C(O)C(O)N(CCN(C)C(=O)Nc2cccc(C(F)(F)F)c2)C1. The summed E-state index contributed by atoms with van der Waals surface area (Å²) in [5.74, 6) is -0.994. The molecule has 0 aliphatic carbocycles. The molecule has 1 heterocycles. The van der Waals surface area contributed by atoms with E-state index in [1.165, 1.54) is 29.0 Å². The summed E-state index contributed by atoms with van der Waals surface area (Å²) in [5, 5.41) is 26.8. The second-order valence-electron chi connectivity index (χ2n) is 9.30. The lowest BCUT2D eigenvalue weighted by Crippen LogP contribution is -2.41. The first kappa shape index (κ1) is 30.6. The maximum Gasteiger partial charge on any atom is 0.416 e. The molecule has 3 amide bonds. The van der Waals surface area contributed by atoms with Gasteiger partial charge in [0.15, 0.2) is 6.23 Å². The molecule has 212 valence electrons. The Morgan fingerprint density at radius 1 is 1.18 bits per heavy atom. The summed E-state index contributed by atoms with van der Waals surface area (Å²) < 4.78 is 38.7. The van der Waals surface area contributed by atoms with Gasteiger partial charge in [0.2, 0.25) is 0 Å². The van der Waals surface area contributed by atoms with Crippen molar-refractivity contribution in [1.82, 2.24) is 15.1 Å². The number of anilines is 1. The lowest BCUT2D eigenvalue weighted by Gasteiger charge is -2.24. The van der Waals surface area contributed by atoms with Gasteiger partial charge >= 0.3 is 12.2 Å². The predicted octanol–water partition coefficient (Wildman–Crippen LogP) is 5.06. The van der Waals surface area contributed by atoms with Crippen LogP contribution >= 0.6 is 23.2 Å². The van der Waals surface area contributed by atoms with Crippen LogP contribution in [0.3, 0.4) is 0 Å². The number of benzene rings is 2. The van der Waals surface area contributed by atoms with Gasteiger partial charge in [0.05, 0.1) is 21.2 Å². The van der Waals surface area contributed by atoms with Crippen LogP contribution in [0.25, 0.3) is 0 Å². The minimum absolute atomic E-state index is 0.0138. The number of likely N-dealkylation sites (N-methyl/N-ethyl adjacent to an activating group) is 1. The van der Waals surface area contributed by atoms with Gasteiger partial charge in [-0.25, -0.2) is 4.79 Å². The Labute approximate surface area is 234 Å². The Hall–Kier alpha value is -2.99. The molecule has 39 heavy (non-hydrogen) atoms. The lowest BCUT2D eigenvalue weighted by molar-refractivity contribution is -0.137. The van der Waals surface area contributed by atoms with Gasteiger partial charge in [0.25, 0.3) is 5.91 Å². The number of aliphatic hydroxyl groups excluding tert-OH is 2. The van der Waals surface area contributed by atoms with E-state index in [1.54, 1.807) is 12.1 Å². The van der Waals surface area contributed by atoms with E-state index < -0.39 is 35.7 Å². The van der Waals surface area contributed by atoms with Gasteiger partial charge in [0, 0.05) is 38.4 Å². The molecule has 0 bridgehead atoms. The topological polar surface area (TPSA) is 105 Å². The Bertz CT molecular complexity index is 1240. The van der Waals surface area contributed by atoms with Crippen LogP contribution in [0.15, 0.2) is 53.8 Å². The van der Waals surface area contributed by atoms with Gasteiger partial charge in [0.1, 0.15) is 5.76 Å². The third kappa shape index (κ3) is 8.25. The van der Waals surface area contributed by atoms with Crippen molar-refractivity contribution in [2.45, 2.75) is 38.2 Å². The van der Waals surface area contributed by atoms with Crippen LogP contribution in [0.5, 0.6) is 0 Å². The first-order chi connectivity index (χ1) is 18.3. The van der Waals surface area contributed by atoms with Crippen molar-refractivity contribution in [2.75, 3.05) is 32.0 Å². The molecule has 1 aliphatic heterocycles. The Morgan fingerprint density at radius 2 is 1.90 bits per heavy atom. The maximum atomic E-state index is 12.9. The summed E-state index contributed by atoms with van der Waals surface area (Å²) >= 11 is 12.0. The van der Waals surface area contributed by atoms with Crippen LogP contribution in [0.1, 0.15) is 24.5 Å². The van der Waals surface area contributed by atoms with Gasteiger partial charge in [-0.05, 0) is 55.7 Å². The van der Waals surface area contributed by atoms with Crippen LogP contribution in [-0.2, 0) is 17.4 Å². The number of urea groups is 1. The largest absolute Gasteiger partial charge is 0.508 e. The molecule has 1 aliphatic rings. The summed E-state index contributed by atoms with van der Waals surface area (Å²) in [6.45, 7) is 1.90. The van der Waals surface area contributed by atoms with Crippen molar-refractivity contribution in [1.29, 1.82) is 0 Å². The molecule has 0 spiro atoms. The molecule has 0 aromatic heterocycles. The predicted molar refractivity (Wildman–Crippen MR) is 143 cm³/mol. The van der Waals surface area contributed by atoms with E-state index in [9.17, 15) is 33.0 Å². The smallest absolute Gasteiger partial charge is 0.416 e. The highest BCUT2D eigenvalue weighted by Gasteiger charge is 2.35. The fourth-order valence-corrected chi connectivity index (χ4v) is 4.24. The fourth-order valence-electron chi connectivity index (χ4n) is 3.92. The molecular formula is C26H29Cl2F3N4O4. The number of hydrogen-bond acceptors (Lipinski definition) is 5. The van der Waals surface area contributed by atoms with Gasteiger partial charge in [-0.2, -0.15) is 13.2 Å². The second-order valence-corrected chi connectivity index (χ2v) is 10.1. The standard InChI is InChI=1S/C26H29Cl2F3N4O4/c1-15(6-7-16-8-9-20(27)21(28)12-16)32-23(37)19-14-35(24(38)22(19)36)11-10-34(2)25(39)33-18-5-3-4-17(13-18)26(29,30)31/h3-5,8-9,12-13,15,24,36,38H,6-7,10-11,14H2,1-2H3,(H,32,37)(H,33,39). The van der Waals surface area contributed by atoms with E-state index in [4.69, 9.17) is 23.2 Å². The number of aryl methyl sites for hydroxylation is 1. The molecule has 2 unspecified atom stereocenters. The maximum absolute atomic E-state index is 12.9. The van der Waals surface area contributed by atoms with Crippen molar-refractivity contribution in [3.8, 4) is 0 Å². The molecule has 2 aromatic carbocycles. The number of carbonyl (C=O) groups is 2.